The summed E-state index contributed by atoms with van der Waals surface area (Å²) < 4.78 is 11.5. The highest BCUT2D eigenvalue weighted by molar-refractivity contribution is 5.92. The van der Waals surface area contributed by atoms with E-state index < -0.39 is 11.9 Å². The summed E-state index contributed by atoms with van der Waals surface area (Å²) in [6, 6.07) is 17.1. The SMILES string of the molecule is O=C1OC(CO)(OCc2ccccc2)C2CCc3ccccc3N12. The Balaban J connectivity index is 1.62. The molecule has 1 saturated heterocycles. The second-order valence-corrected chi connectivity index (χ2v) is 6.17. The molecule has 5 nitrogen and oxygen atoms in total. The summed E-state index contributed by atoms with van der Waals surface area (Å²) in [5, 5.41) is 9.97. The predicted molar refractivity (Wildman–Crippen MR) is 88.6 cm³/mol. The number of nitrogens with zero attached hydrogens (tertiary/aromatic N) is 1. The van der Waals surface area contributed by atoms with Gasteiger partial charge in [0.1, 0.15) is 12.6 Å². The number of hydrogen-bond donors (Lipinski definition) is 1. The van der Waals surface area contributed by atoms with Gasteiger partial charge in [-0.3, -0.25) is 4.90 Å². The first-order chi connectivity index (χ1) is 11.7. The molecule has 1 amide bonds. The van der Waals surface area contributed by atoms with Gasteiger partial charge in [0.15, 0.2) is 0 Å². The molecule has 0 saturated carbocycles. The molecule has 2 aromatic carbocycles. The van der Waals surface area contributed by atoms with E-state index in [0.29, 0.717) is 6.42 Å². The standard InChI is InChI=1S/C19H19NO4/c21-13-19(23-12-14-6-2-1-3-7-14)17-11-10-15-8-4-5-9-16(15)20(17)18(22)24-19/h1-9,17,21H,10-13H2. The van der Waals surface area contributed by atoms with E-state index in [1.54, 1.807) is 4.90 Å². The number of anilines is 1. The summed E-state index contributed by atoms with van der Waals surface area (Å²) in [6.07, 6.45) is 1.05. The van der Waals surface area contributed by atoms with Crippen molar-refractivity contribution in [3.8, 4) is 0 Å². The number of amides is 1. The second-order valence-electron chi connectivity index (χ2n) is 6.17. The van der Waals surface area contributed by atoms with Gasteiger partial charge in [0, 0.05) is 0 Å². The van der Waals surface area contributed by atoms with E-state index in [-0.39, 0.29) is 19.3 Å². The van der Waals surface area contributed by atoms with Crippen LogP contribution in [0.5, 0.6) is 0 Å². The first-order valence-electron chi connectivity index (χ1n) is 8.12. The van der Waals surface area contributed by atoms with Crippen molar-refractivity contribution < 1.29 is 19.4 Å². The van der Waals surface area contributed by atoms with E-state index in [9.17, 15) is 9.90 Å². The zero-order valence-electron chi connectivity index (χ0n) is 13.2. The zero-order chi connectivity index (χ0) is 16.6. The van der Waals surface area contributed by atoms with Crippen LogP contribution in [-0.2, 0) is 22.5 Å². The molecule has 124 valence electrons. The van der Waals surface area contributed by atoms with Gasteiger partial charge in [-0.2, -0.15) is 0 Å². The molecule has 1 N–H and O–H groups in total. The highest BCUT2D eigenvalue weighted by Crippen LogP contribution is 2.42. The van der Waals surface area contributed by atoms with Crippen molar-refractivity contribution in [1.82, 2.24) is 0 Å². The van der Waals surface area contributed by atoms with E-state index in [0.717, 1.165) is 23.2 Å². The monoisotopic (exact) mass is 325 g/mol. The lowest BCUT2D eigenvalue weighted by atomic mass is 9.92. The van der Waals surface area contributed by atoms with Crippen LogP contribution in [0.2, 0.25) is 0 Å². The fraction of sp³-hybridized carbons (Fsp3) is 0.316. The lowest BCUT2D eigenvalue weighted by Gasteiger charge is -2.36. The van der Waals surface area contributed by atoms with Gasteiger partial charge in [-0.05, 0) is 30.0 Å². The number of carbonyl (C=O) groups excluding carboxylic acids is 1. The third-order valence-corrected chi connectivity index (χ3v) is 4.76. The summed E-state index contributed by atoms with van der Waals surface area (Å²) in [7, 11) is 0. The molecule has 2 aromatic rings. The van der Waals surface area contributed by atoms with Crippen LogP contribution in [0.1, 0.15) is 17.5 Å². The van der Waals surface area contributed by atoms with Gasteiger partial charge in [-0.25, -0.2) is 4.79 Å². The molecule has 0 aromatic heterocycles. The van der Waals surface area contributed by atoms with Crippen molar-refractivity contribution in [2.75, 3.05) is 11.5 Å². The average molecular weight is 325 g/mol. The number of ether oxygens (including phenoxy) is 2. The maximum atomic E-state index is 12.5. The van der Waals surface area contributed by atoms with Crippen LogP contribution in [0.3, 0.4) is 0 Å². The Morgan fingerprint density at radius 3 is 2.71 bits per heavy atom. The smallest absolute Gasteiger partial charge is 0.412 e. The first kappa shape index (κ1) is 15.2. The number of hydrogen-bond acceptors (Lipinski definition) is 4. The Morgan fingerprint density at radius 2 is 1.92 bits per heavy atom. The average Bonchev–Trinajstić information content (AvgIpc) is 2.94. The largest absolute Gasteiger partial charge is 0.417 e. The molecule has 24 heavy (non-hydrogen) atoms. The first-order valence-corrected chi connectivity index (χ1v) is 8.12. The van der Waals surface area contributed by atoms with E-state index >= 15 is 0 Å². The maximum Gasteiger partial charge on any atom is 0.417 e. The van der Waals surface area contributed by atoms with Crippen molar-refractivity contribution in [3.05, 3.63) is 65.7 Å². The molecule has 2 unspecified atom stereocenters. The highest BCUT2D eigenvalue weighted by Gasteiger charge is 2.57. The van der Waals surface area contributed by atoms with Crippen LogP contribution in [0, 0.1) is 0 Å². The highest BCUT2D eigenvalue weighted by atomic mass is 16.7. The summed E-state index contributed by atoms with van der Waals surface area (Å²) in [4.78, 5) is 14.1. The molecule has 0 bridgehead atoms. The van der Waals surface area contributed by atoms with Crippen LogP contribution in [0.25, 0.3) is 0 Å². The Bertz CT molecular complexity index is 748. The van der Waals surface area contributed by atoms with Gasteiger partial charge in [0.25, 0.3) is 5.79 Å². The zero-order valence-corrected chi connectivity index (χ0v) is 13.2. The fourth-order valence-electron chi connectivity index (χ4n) is 3.54. The number of fused-ring (bicyclic) bond motifs is 3. The van der Waals surface area contributed by atoms with Gasteiger partial charge in [0.2, 0.25) is 0 Å². The quantitative estimate of drug-likeness (QED) is 0.939. The normalized spacial score (nSPS) is 25.1. The van der Waals surface area contributed by atoms with Gasteiger partial charge >= 0.3 is 6.09 Å². The van der Waals surface area contributed by atoms with Crippen LogP contribution < -0.4 is 4.90 Å². The lowest BCUT2D eigenvalue weighted by molar-refractivity contribution is -0.222. The van der Waals surface area contributed by atoms with Crippen molar-refractivity contribution >= 4 is 11.8 Å². The molecular weight excluding hydrogens is 306 g/mol. The molecule has 0 aliphatic carbocycles. The topological polar surface area (TPSA) is 59.0 Å². The second kappa shape index (κ2) is 5.92. The third kappa shape index (κ3) is 2.37. The number of carbonyl (C=O) groups is 1. The molecule has 2 aliphatic rings. The number of aliphatic hydroxyl groups excluding tert-OH is 1. The van der Waals surface area contributed by atoms with Gasteiger partial charge in [-0.1, -0.05) is 48.5 Å². The molecule has 0 radical (unpaired) electrons. The van der Waals surface area contributed by atoms with Crippen LogP contribution in [0.4, 0.5) is 10.5 Å². The molecule has 0 spiro atoms. The van der Waals surface area contributed by atoms with E-state index in [2.05, 4.69) is 0 Å². The van der Waals surface area contributed by atoms with E-state index in [1.165, 1.54) is 0 Å². The molecule has 4 rings (SSSR count). The fourth-order valence-corrected chi connectivity index (χ4v) is 3.54. The molecule has 2 heterocycles. The molecular formula is C19H19NO4. The Hall–Kier alpha value is -2.37. The van der Waals surface area contributed by atoms with Crippen LogP contribution in [0.15, 0.2) is 54.6 Å². The summed E-state index contributed by atoms with van der Waals surface area (Å²) in [5.74, 6) is -1.32. The van der Waals surface area contributed by atoms with Crippen LogP contribution >= 0.6 is 0 Å². The van der Waals surface area contributed by atoms with Crippen molar-refractivity contribution in [1.29, 1.82) is 0 Å². The third-order valence-electron chi connectivity index (χ3n) is 4.76. The lowest BCUT2D eigenvalue weighted by Crippen LogP contribution is -2.52. The van der Waals surface area contributed by atoms with Crippen molar-refractivity contribution in [2.24, 2.45) is 0 Å². The number of para-hydroxylation sites is 1. The van der Waals surface area contributed by atoms with Crippen LogP contribution in [-0.4, -0.2) is 29.6 Å². The van der Waals surface area contributed by atoms with Crippen molar-refractivity contribution in [2.45, 2.75) is 31.3 Å². The number of rotatable bonds is 4. The molecule has 2 aliphatic heterocycles. The Labute approximate surface area is 140 Å². The number of cyclic esters (lactones) is 1. The molecule has 1 fully saturated rings. The molecule has 2 atom stereocenters. The predicted octanol–water partition coefficient (Wildman–Crippen LogP) is 2.86. The number of benzene rings is 2. The summed E-state index contributed by atoms with van der Waals surface area (Å²) >= 11 is 0. The molecule has 5 heteroatoms. The minimum Gasteiger partial charge on any atom is -0.412 e. The Kier molecular flexibility index (Phi) is 3.75. The number of aryl methyl sites for hydroxylation is 1. The maximum absolute atomic E-state index is 12.5. The van der Waals surface area contributed by atoms with Gasteiger partial charge in [0.05, 0.1) is 12.3 Å². The summed E-state index contributed by atoms with van der Waals surface area (Å²) in [5.41, 5.74) is 2.93. The minimum absolute atomic E-state index is 0.278. The Morgan fingerprint density at radius 1 is 1.17 bits per heavy atom. The summed E-state index contributed by atoms with van der Waals surface area (Å²) in [6.45, 7) is -0.0877. The minimum atomic E-state index is -1.32. The van der Waals surface area contributed by atoms with Crippen molar-refractivity contribution in [3.63, 3.8) is 0 Å². The van der Waals surface area contributed by atoms with E-state index in [1.807, 2.05) is 54.6 Å². The van der Waals surface area contributed by atoms with E-state index in [4.69, 9.17) is 9.47 Å². The van der Waals surface area contributed by atoms with Gasteiger partial charge in [-0.15, -0.1) is 0 Å². The number of aliphatic hydroxyl groups is 1. The van der Waals surface area contributed by atoms with Gasteiger partial charge < -0.3 is 14.6 Å².